The summed E-state index contributed by atoms with van der Waals surface area (Å²) in [5.41, 5.74) is 1.09. The summed E-state index contributed by atoms with van der Waals surface area (Å²) in [6.07, 6.45) is 1.60. The van der Waals surface area contributed by atoms with Crippen molar-refractivity contribution in [2.24, 2.45) is 0 Å². The van der Waals surface area contributed by atoms with Gasteiger partial charge in [0.2, 0.25) is 5.91 Å². The van der Waals surface area contributed by atoms with Crippen LogP contribution in [-0.4, -0.2) is 54.0 Å². The van der Waals surface area contributed by atoms with Gasteiger partial charge in [-0.05, 0) is 43.3 Å². The fourth-order valence-electron chi connectivity index (χ4n) is 2.83. The average Bonchev–Trinajstić information content (AvgIpc) is 2.69. The Morgan fingerprint density at radius 3 is 2.41 bits per heavy atom. The van der Waals surface area contributed by atoms with E-state index in [1.54, 1.807) is 36.2 Å². The molecule has 0 aliphatic carbocycles. The molecule has 142 valence electrons. The summed E-state index contributed by atoms with van der Waals surface area (Å²) >= 11 is 5.92. The third-order valence-electron chi connectivity index (χ3n) is 4.41. The van der Waals surface area contributed by atoms with Gasteiger partial charge in [-0.2, -0.15) is 0 Å². The number of urea groups is 1. The molecule has 1 atom stereocenters. The zero-order valence-electron chi connectivity index (χ0n) is 15.1. The van der Waals surface area contributed by atoms with Crippen LogP contribution in [0.3, 0.4) is 0 Å². The minimum absolute atomic E-state index is 0.241. The molecular weight excluding hydrogens is 366 g/mol. The van der Waals surface area contributed by atoms with Gasteiger partial charge < -0.3 is 20.4 Å². The van der Waals surface area contributed by atoms with Crippen molar-refractivity contribution in [2.75, 3.05) is 36.4 Å². The predicted molar refractivity (Wildman–Crippen MR) is 106 cm³/mol. The van der Waals surface area contributed by atoms with Crippen LogP contribution in [-0.2, 0) is 4.79 Å². The van der Waals surface area contributed by atoms with E-state index in [1.165, 1.54) is 0 Å². The van der Waals surface area contributed by atoms with Crippen molar-refractivity contribution in [1.82, 2.24) is 15.2 Å². The highest BCUT2D eigenvalue weighted by Gasteiger charge is 2.24. The van der Waals surface area contributed by atoms with Crippen molar-refractivity contribution in [3.8, 4) is 0 Å². The molecule has 0 radical (unpaired) electrons. The monoisotopic (exact) mass is 387 g/mol. The Labute approximate surface area is 163 Å². The van der Waals surface area contributed by atoms with E-state index in [-0.39, 0.29) is 11.9 Å². The van der Waals surface area contributed by atoms with Crippen LogP contribution in [0.5, 0.6) is 0 Å². The van der Waals surface area contributed by atoms with Gasteiger partial charge in [0, 0.05) is 43.1 Å². The van der Waals surface area contributed by atoms with E-state index in [9.17, 15) is 9.59 Å². The average molecular weight is 388 g/mol. The Morgan fingerprint density at radius 2 is 1.78 bits per heavy atom. The number of pyridine rings is 1. The number of hydrogen-bond acceptors (Lipinski definition) is 4. The molecule has 0 unspecified atom stereocenters. The lowest BCUT2D eigenvalue weighted by atomic mass is 10.2. The van der Waals surface area contributed by atoms with Crippen LogP contribution in [0.25, 0.3) is 0 Å². The van der Waals surface area contributed by atoms with Gasteiger partial charge in [-0.1, -0.05) is 17.7 Å². The largest absolute Gasteiger partial charge is 0.368 e. The van der Waals surface area contributed by atoms with Crippen LogP contribution in [0.2, 0.25) is 5.02 Å². The van der Waals surface area contributed by atoms with Gasteiger partial charge in [-0.15, -0.1) is 0 Å². The molecule has 1 aliphatic rings. The van der Waals surface area contributed by atoms with Crippen LogP contribution >= 0.6 is 11.6 Å². The Morgan fingerprint density at radius 1 is 1.07 bits per heavy atom. The standard InChI is InChI=1S/C19H22ClN5O2/c1-14(18(26)23-17-4-2-3-9-21-17)22-19(27)25-12-10-24(11-13-25)16-7-5-15(20)6-8-16/h2-9,14H,10-13H2,1H3,(H,22,27)(H,21,23,26)/t14-/m0/s1. The normalized spacial score (nSPS) is 15.2. The molecule has 0 saturated carbocycles. The van der Waals surface area contributed by atoms with Crippen LogP contribution < -0.4 is 15.5 Å². The highest BCUT2D eigenvalue weighted by molar-refractivity contribution is 6.30. The molecule has 1 saturated heterocycles. The number of anilines is 2. The van der Waals surface area contributed by atoms with Gasteiger partial charge in [0.1, 0.15) is 11.9 Å². The van der Waals surface area contributed by atoms with Crippen LogP contribution in [0.1, 0.15) is 6.92 Å². The first-order chi connectivity index (χ1) is 13.0. The SMILES string of the molecule is C[C@H](NC(=O)N1CCN(c2ccc(Cl)cc2)CC1)C(=O)Nc1ccccn1. The highest BCUT2D eigenvalue weighted by atomic mass is 35.5. The van der Waals surface area contributed by atoms with Crippen LogP contribution in [0.15, 0.2) is 48.7 Å². The number of nitrogens with zero attached hydrogens (tertiary/aromatic N) is 3. The van der Waals surface area contributed by atoms with Crippen molar-refractivity contribution in [3.05, 3.63) is 53.7 Å². The van der Waals surface area contributed by atoms with Crippen LogP contribution in [0, 0.1) is 0 Å². The van der Waals surface area contributed by atoms with Gasteiger partial charge in [-0.25, -0.2) is 9.78 Å². The van der Waals surface area contributed by atoms with Crippen molar-refractivity contribution >= 4 is 35.0 Å². The minimum atomic E-state index is -0.659. The Hall–Kier alpha value is -2.80. The molecule has 1 aromatic carbocycles. The van der Waals surface area contributed by atoms with Crippen LogP contribution in [0.4, 0.5) is 16.3 Å². The minimum Gasteiger partial charge on any atom is -0.368 e. The topological polar surface area (TPSA) is 77.6 Å². The van der Waals surface area contributed by atoms with Crippen molar-refractivity contribution in [1.29, 1.82) is 0 Å². The smallest absolute Gasteiger partial charge is 0.318 e. The lowest BCUT2D eigenvalue weighted by Crippen LogP contribution is -2.54. The molecule has 1 aliphatic heterocycles. The number of rotatable bonds is 4. The number of aromatic nitrogens is 1. The quantitative estimate of drug-likeness (QED) is 0.845. The number of carbonyl (C=O) groups excluding carboxylic acids is 2. The molecule has 0 spiro atoms. The molecule has 0 bridgehead atoms. The number of piperazine rings is 1. The molecule has 8 heteroatoms. The summed E-state index contributed by atoms with van der Waals surface area (Å²) in [6, 6.07) is 12.0. The van der Waals surface area contributed by atoms with Gasteiger partial charge >= 0.3 is 6.03 Å². The summed E-state index contributed by atoms with van der Waals surface area (Å²) < 4.78 is 0. The predicted octanol–water partition coefficient (Wildman–Crippen LogP) is 2.59. The van der Waals surface area contributed by atoms with E-state index >= 15 is 0 Å². The summed E-state index contributed by atoms with van der Waals surface area (Å²) in [5, 5.41) is 6.13. The summed E-state index contributed by atoms with van der Waals surface area (Å²) in [6.45, 7) is 4.28. The summed E-state index contributed by atoms with van der Waals surface area (Å²) in [7, 11) is 0. The molecule has 27 heavy (non-hydrogen) atoms. The van der Waals surface area contributed by atoms with E-state index in [1.807, 2.05) is 24.3 Å². The first-order valence-corrected chi connectivity index (χ1v) is 9.18. The van der Waals surface area contributed by atoms with Gasteiger partial charge in [0.05, 0.1) is 0 Å². The van der Waals surface area contributed by atoms with Gasteiger partial charge in [-0.3, -0.25) is 4.79 Å². The zero-order valence-corrected chi connectivity index (χ0v) is 15.8. The fraction of sp³-hybridized carbons (Fsp3) is 0.316. The molecule has 2 heterocycles. The molecule has 3 amide bonds. The molecule has 2 aromatic rings. The van der Waals surface area contributed by atoms with Crippen molar-refractivity contribution in [3.63, 3.8) is 0 Å². The van der Waals surface area contributed by atoms with E-state index in [4.69, 9.17) is 11.6 Å². The van der Waals surface area contributed by atoms with E-state index < -0.39 is 6.04 Å². The molecule has 3 rings (SSSR count). The van der Waals surface area contributed by atoms with Crippen molar-refractivity contribution in [2.45, 2.75) is 13.0 Å². The first kappa shape index (κ1) is 19.0. The Kier molecular flexibility index (Phi) is 6.13. The lowest BCUT2D eigenvalue weighted by molar-refractivity contribution is -0.117. The number of carbonyl (C=O) groups is 2. The molecule has 1 fully saturated rings. The molecule has 2 N–H and O–H groups in total. The lowest BCUT2D eigenvalue weighted by Gasteiger charge is -2.36. The Bertz CT molecular complexity index is 776. The second-order valence-electron chi connectivity index (χ2n) is 6.33. The second-order valence-corrected chi connectivity index (χ2v) is 6.76. The van der Waals surface area contributed by atoms with E-state index in [2.05, 4.69) is 20.5 Å². The molecular formula is C19H22ClN5O2. The van der Waals surface area contributed by atoms with Crippen molar-refractivity contribution < 1.29 is 9.59 Å². The highest BCUT2D eigenvalue weighted by Crippen LogP contribution is 2.19. The summed E-state index contributed by atoms with van der Waals surface area (Å²) in [5.74, 6) is 0.155. The van der Waals surface area contributed by atoms with E-state index in [0.717, 1.165) is 18.8 Å². The second kappa shape index (κ2) is 8.73. The summed E-state index contributed by atoms with van der Waals surface area (Å²) in [4.78, 5) is 32.6. The maximum absolute atomic E-state index is 12.4. The van der Waals surface area contributed by atoms with Gasteiger partial charge in [0.25, 0.3) is 0 Å². The number of hydrogen-bond donors (Lipinski definition) is 2. The maximum Gasteiger partial charge on any atom is 0.318 e. The fourth-order valence-corrected chi connectivity index (χ4v) is 2.96. The van der Waals surface area contributed by atoms with Gasteiger partial charge in [0.15, 0.2) is 0 Å². The molecule has 1 aromatic heterocycles. The maximum atomic E-state index is 12.4. The number of halogens is 1. The van der Waals surface area contributed by atoms with E-state index in [0.29, 0.717) is 23.9 Å². The number of nitrogens with one attached hydrogen (secondary N) is 2. The third kappa shape index (κ3) is 5.10. The Balaban J connectivity index is 1.47. The number of benzene rings is 1. The number of amides is 3. The third-order valence-corrected chi connectivity index (χ3v) is 4.66. The first-order valence-electron chi connectivity index (χ1n) is 8.81. The zero-order chi connectivity index (χ0) is 19.2. The molecule has 7 nitrogen and oxygen atoms in total.